The maximum atomic E-state index is 13.2. The monoisotopic (exact) mass is 479 g/mol. The first-order valence-corrected chi connectivity index (χ1v) is 12.9. The number of rotatable bonds is 11. The summed E-state index contributed by atoms with van der Waals surface area (Å²) >= 11 is 0. The molecule has 1 N–H and O–H groups in total. The van der Waals surface area contributed by atoms with Gasteiger partial charge in [-0.1, -0.05) is 82.5 Å². The van der Waals surface area contributed by atoms with Crippen molar-refractivity contribution in [1.29, 1.82) is 0 Å². The van der Waals surface area contributed by atoms with Crippen LogP contribution in [0.15, 0.2) is 54.6 Å². The number of ether oxygens (including phenoxy) is 2. The van der Waals surface area contributed by atoms with Gasteiger partial charge in [0.15, 0.2) is 5.78 Å². The Morgan fingerprint density at radius 1 is 0.943 bits per heavy atom. The molecule has 0 spiro atoms. The number of hydrogen-bond acceptors (Lipinski definition) is 4. The summed E-state index contributed by atoms with van der Waals surface area (Å²) in [6, 6.07) is 17.0. The SMILES string of the molecule is CC(=O)[C@H](Cc1ccc(OCC2CCCCC2)cc1)NC(=O)[C@@H](OCc1ccccc1)C(C)(C)C. The van der Waals surface area contributed by atoms with Crippen LogP contribution in [0.4, 0.5) is 0 Å². The molecule has 1 amide bonds. The van der Waals surface area contributed by atoms with Crippen LogP contribution in [0.25, 0.3) is 0 Å². The van der Waals surface area contributed by atoms with E-state index in [2.05, 4.69) is 5.32 Å². The molecule has 0 unspecified atom stereocenters. The molecule has 0 bridgehead atoms. The first-order valence-electron chi connectivity index (χ1n) is 12.9. The molecule has 0 saturated heterocycles. The maximum Gasteiger partial charge on any atom is 0.250 e. The van der Waals surface area contributed by atoms with E-state index in [1.165, 1.54) is 39.0 Å². The summed E-state index contributed by atoms with van der Waals surface area (Å²) < 4.78 is 12.0. The third kappa shape index (κ3) is 8.81. The van der Waals surface area contributed by atoms with Crippen molar-refractivity contribution in [3.63, 3.8) is 0 Å². The molecule has 1 aliphatic carbocycles. The topological polar surface area (TPSA) is 64.6 Å². The molecule has 0 radical (unpaired) electrons. The van der Waals surface area contributed by atoms with Crippen LogP contribution >= 0.6 is 0 Å². The molecule has 5 heteroatoms. The first kappa shape index (κ1) is 26.9. The number of ketones is 1. The predicted molar refractivity (Wildman–Crippen MR) is 139 cm³/mol. The van der Waals surface area contributed by atoms with E-state index in [1.807, 2.05) is 75.4 Å². The van der Waals surface area contributed by atoms with Gasteiger partial charge in [-0.2, -0.15) is 0 Å². The van der Waals surface area contributed by atoms with Crippen molar-refractivity contribution in [2.45, 2.75) is 85.0 Å². The van der Waals surface area contributed by atoms with E-state index in [-0.39, 0.29) is 11.7 Å². The average molecular weight is 480 g/mol. The quantitative estimate of drug-likeness (QED) is 0.436. The molecule has 35 heavy (non-hydrogen) atoms. The molecule has 1 saturated carbocycles. The second-order valence-electron chi connectivity index (χ2n) is 10.9. The van der Waals surface area contributed by atoms with Crippen LogP contribution in [0.5, 0.6) is 5.75 Å². The molecule has 2 aromatic carbocycles. The zero-order valence-corrected chi connectivity index (χ0v) is 21.7. The normalized spacial score (nSPS) is 16.3. The Morgan fingerprint density at radius 3 is 2.20 bits per heavy atom. The standard InChI is InChI=1S/C30H41NO4/c1-22(32)27(19-23-15-17-26(18-16-23)34-20-24-11-7-5-8-12-24)31-29(33)28(30(2,3)4)35-21-25-13-9-6-10-14-25/h6,9-10,13-18,24,27-28H,5,7-8,11-12,19-21H2,1-4H3,(H,31,33)/t27-,28+/m0/s1. The lowest BCUT2D eigenvalue weighted by Crippen LogP contribution is -2.50. The van der Waals surface area contributed by atoms with Gasteiger partial charge in [0.2, 0.25) is 5.91 Å². The molecule has 1 fully saturated rings. The largest absolute Gasteiger partial charge is 0.493 e. The van der Waals surface area contributed by atoms with Crippen molar-refractivity contribution in [2.75, 3.05) is 6.61 Å². The van der Waals surface area contributed by atoms with E-state index in [4.69, 9.17) is 9.47 Å². The smallest absolute Gasteiger partial charge is 0.250 e. The van der Waals surface area contributed by atoms with Crippen molar-refractivity contribution >= 4 is 11.7 Å². The minimum absolute atomic E-state index is 0.0771. The van der Waals surface area contributed by atoms with Crippen molar-refractivity contribution in [3.8, 4) is 5.75 Å². The summed E-state index contributed by atoms with van der Waals surface area (Å²) in [4.78, 5) is 25.6. The fraction of sp³-hybridized carbons (Fsp3) is 0.533. The highest BCUT2D eigenvalue weighted by atomic mass is 16.5. The number of nitrogens with one attached hydrogen (secondary N) is 1. The summed E-state index contributed by atoms with van der Waals surface area (Å²) in [5.41, 5.74) is 1.56. The molecule has 3 rings (SSSR count). The zero-order valence-electron chi connectivity index (χ0n) is 21.7. The molecule has 2 atom stereocenters. The third-order valence-corrected chi connectivity index (χ3v) is 6.67. The zero-order chi connectivity index (χ0) is 25.3. The minimum atomic E-state index is -0.680. The van der Waals surface area contributed by atoms with E-state index in [0.29, 0.717) is 18.9 Å². The molecule has 190 valence electrons. The third-order valence-electron chi connectivity index (χ3n) is 6.67. The summed E-state index contributed by atoms with van der Waals surface area (Å²) in [5, 5.41) is 2.95. The van der Waals surface area contributed by atoms with Crippen LogP contribution in [-0.2, 0) is 27.4 Å². The average Bonchev–Trinajstić information content (AvgIpc) is 2.83. The van der Waals surface area contributed by atoms with Gasteiger partial charge in [0, 0.05) is 0 Å². The van der Waals surface area contributed by atoms with Gasteiger partial charge >= 0.3 is 0 Å². The molecule has 2 aromatic rings. The fourth-order valence-corrected chi connectivity index (χ4v) is 4.54. The number of amides is 1. The van der Waals surface area contributed by atoms with Gasteiger partial charge in [-0.3, -0.25) is 9.59 Å². The molecular formula is C30H41NO4. The van der Waals surface area contributed by atoms with Gasteiger partial charge in [0.05, 0.1) is 19.3 Å². The highest BCUT2D eigenvalue weighted by molar-refractivity contribution is 5.89. The van der Waals surface area contributed by atoms with Gasteiger partial charge in [0.1, 0.15) is 11.9 Å². The lowest BCUT2D eigenvalue weighted by Gasteiger charge is -2.31. The molecule has 1 aliphatic rings. The highest BCUT2D eigenvalue weighted by Crippen LogP contribution is 2.26. The molecule has 0 aliphatic heterocycles. The Morgan fingerprint density at radius 2 is 1.60 bits per heavy atom. The van der Waals surface area contributed by atoms with Gasteiger partial charge in [0.25, 0.3) is 0 Å². The summed E-state index contributed by atoms with van der Waals surface area (Å²) in [7, 11) is 0. The Bertz CT molecular complexity index is 927. The van der Waals surface area contributed by atoms with Crippen LogP contribution in [0, 0.1) is 11.3 Å². The number of benzene rings is 2. The lowest BCUT2D eigenvalue weighted by atomic mass is 9.88. The number of carbonyl (C=O) groups is 2. The summed E-state index contributed by atoms with van der Waals surface area (Å²) in [6.07, 6.45) is 6.21. The number of hydrogen-bond donors (Lipinski definition) is 1. The van der Waals surface area contributed by atoms with Crippen LogP contribution in [0.1, 0.15) is 70.9 Å². The van der Waals surface area contributed by atoms with Crippen molar-refractivity contribution in [3.05, 3.63) is 65.7 Å². The molecular weight excluding hydrogens is 438 g/mol. The fourth-order valence-electron chi connectivity index (χ4n) is 4.54. The van der Waals surface area contributed by atoms with Gasteiger partial charge in [-0.05, 0) is 60.8 Å². The molecule has 0 heterocycles. The minimum Gasteiger partial charge on any atom is -0.493 e. The first-order chi connectivity index (χ1) is 16.7. The van der Waals surface area contributed by atoms with E-state index >= 15 is 0 Å². The predicted octanol–water partition coefficient (Wildman–Crippen LogP) is 5.89. The van der Waals surface area contributed by atoms with Crippen LogP contribution in [-0.4, -0.2) is 30.4 Å². The lowest BCUT2D eigenvalue weighted by molar-refractivity contribution is -0.143. The van der Waals surface area contributed by atoms with Gasteiger partial charge < -0.3 is 14.8 Å². The van der Waals surface area contributed by atoms with Crippen LogP contribution in [0.2, 0.25) is 0 Å². The second-order valence-corrected chi connectivity index (χ2v) is 10.9. The Hall–Kier alpha value is -2.66. The number of Topliss-reactive ketones (excluding diaryl/α,β-unsaturated/α-hetero) is 1. The van der Waals surface area contributed by atoms with Crippen LogP contribution < -0.4 is 10.1 Å². The Kier molecular flexibility index (Phi) is 9.91. The van der Waals surface area contributed by atoms with Crippen molar-refractivity contribution in [1.82, 2.24) is 5.32 Å². The van der Waals surface area contributed by atoms with E-state index < -0.39 is 17.6 Å². The molecule has 5 nitrogen and oxygen atoms in total. The Labute approximate surface area is 210 Å². The van der Waals surface area contributed by atoms with Crippen LogP contribution in [0.3, 0.4) is 0 Å². The second kappa shape index (κ2) is 12.9. The highest BCUT2D eigenvalue weighted by Gasteiger charge is 2.34. The van der Waals surface area contributed by atoms with Gasteiger partial charge in [-0.15, -0.1) is 0 Å². The van der Waals surface area contributed by atoms with Crippen molar-refractivity contribution < 1.29 is 19.1 Å². The summed E-state index contributed by atoms with van der Waals surface area (Å²) in [5.74, 6) is 1.17. The summed E-state index contributed by atoms with van der Waals surface area (Å²) in [6.45, 7) is 8.53. The molecule has 0 aromatic heterocycles. The van der Waals surface area contributed by atoms with Crippen molar-refractivity contribution in [2.24, 2.45) is 11.3 Å². The van der Waals surface area contributed by atoms with Gasteiger partial charge in [-0.25, -0.2) is 0 Å². The van der Waals surface area contributed by atoms with E-state index in [1.54, 1.807) is 0 Å². The van der Waals surface area contributed by atoms with E-state index in [9.17, 15) is 9.59 Å². The number of carbonyl (C=O) groups excluding carboxylic acids is 2. The maximum absolute atomic E-state index is 13.2. The van der Waals surface area contributed by atoms with E-state index in [0.717, 1.165) is 23.5 Å². The Balaban J connectivity index is 1.57.